The quantitative estimate of drug-likeness (QED) is 0.677. The van der Waals surface area contributed by atoms with Gasteiger partial charge in [0, 0.05) is 32.8 Å². The third kappa shape index (κ3) is 4.27. The van der Waals surface area contributed by atoms with Gasteiger partial charge in [-0.1, -0.05) is 6.07 Å². The number of anilines is 1. The van der Waals surface area contributed by atoms with E-state index in [1.807, 2.05) is 0 Å². The summed E-state index contributed by atoms with van der Waals surface area (Å²) in [6, 6.07) is 6.26. The standard InChI is InChI=1S/C17H14F3N5OS/c1-10(26)25(2)14-7-11(17(18,19)20)9-22-13(14)8-15-23-16(24-27-15)12-5-3-4-6-21-12/h3-7,9H,8H2,1-2H3. The van der Waals surface area contributed by atoms with E-state index < -0.39 is 17.6 Å². The van der Waals surface area contributed by atoms with Crippen LogP contribution in [0.1, 0.15) is 23.2 Å². The molecule has 3 heterocycles. The molecule has 140 valence electrons. The van der Waals surface area contributed by atoms with Gasteiger partial charge in [-0.3, -0.25) is 14.8 Å². The predicted octanol–water partition coefficient (Wildman–Crippen LogP) is 3.59. The van der Waals surface area contributed by atoms with E-state index in [1.165, 1.54) is 14.0 Å². The highest BCUT2D eigenvalue weighted by Gasteiger charge is 2.32. The van der Waals surface area contributed by atoms with Crippen LogP contribution in [-0.4, -0.2) is 32.3 Å². The SMILES string of the molecule is CC(=O)N(C)c1cc(C(F)(F)F)cnc1Cc1nc(-c2ccccn2)ns1. The van der Waals surface area contributed by atoms with Crippen molar-refractivity contribution in [1.29, 1.82) is 0 Å². The molecule has 0 fully saturated rings. The second-order valence-corrected chi connectivity index (χ2v) is 6.51. The molecule has 0 saturated carbocycles. The van der Waals surface area contributed by atoms with Crippen LogP contribution in [0.4, 0.5) is 18.9 Å². The molecule has 6 nitrogen and oxygen atoms in total. The summed E-state index contributed by atoms with van der Waals surface area (Å²) < 4.78 is 43.3. The molecule has 0 aliphatic heterocycles. The van der Waals surface area contributed by atoms with Crippen LogP contribution in [0.5, 0.6) is 0 Å². The summed E-state index contributed by atoms with van der Waals surface area (Å²) in [6.45, 7) is 1.27. The minimum absolute atomic E-state index is 0.0897. The first kappa shape index (κ1) is 18.9. The number of hydrogen-bond acceptors (Lipinski definition) is 6. The fraction of sp³-hybridized carbons (Fsp3) is 0.235. The number of aromatic nitrogens is 4. The average Bonchev–Trinajstić information content (AvgIpc) is 3.10. The maximum atomic E-state index is 13.0. The highest BCUT2D eigenvalue weighted by molar-refractivity contribution is 7.05. The van der Waals surface area contributed by atoms with E-state index in [0.29, 0.717) is 22.2 Å². The van der Waals surface area contributed by atoms with Crippen LogP contribution in [-0.2, 0) is 17.4 Å². The Bertz CT molecular complexity index is 959. The monoisotopic (exact) mass is 393 g/mol. The van der Waals surface area contributed by atoms with Crippen molar-refractivity contribution in [2.45, 2.75) is 19.5 Å². The molecule has 0 radical (unpaired) electrons. The normalized spacial score (nSPS) is 11.4. The van der Waals surface area contributed by atoms with Gasteiger partial charge in [-0.05, 0) is 29.7 Å². The first-order valence-corrected chi connectivity index (χ1v) is 8.57. The van der Waals surface area contributed by atoms with Crippen molar-refractivity contribution in [2.24, 2.45) is 0 Å². The highest BCUT2D eigenvalue weighted by Crippen LogP contribution is 2.33. The second-order valence-electron chi connectivity index (χ2n) is 5.67. The van der Waals surface area contributed by atoms with Gasteiger partial charge >= 0.3 is 6.18 Å². The molecule has 0 saturated heterocycles. The second kappa shape index (κ2) is 7.39. The number of amides is 1. The van der Waals surface area contributed by atoms with Gasteiger partial charge < -0.3 is 4.90 Å². The zero-order valence-corrected chi connectivity index (χ0v) is 15.2. The maximum absolute atomic E-state index is 13.0. The number of alkyl halides is 3. The first-order chi connectivity index (χ1) is 12.8. The summed E-state index contributed by atoms with van der Waals surface area (Å²) in [5, 5.41) is 0.557. The molecule has 0 aliphatic rings. The molecule has 3 aromatic rings. The number of halogens is 3. The van der Waals surface area contributed by atoms with E-state index in [2.05, 4.69) is 19.3 Å². The Morgan fingerprint density at radius 2 is 2.04 bits per heavy atom. The van der Waals surface area contributed by atoms with Crippen molar-refractivity contribution < 1.29 is 18.0 Å². The molecule has 10 heteroatoms. The Morgan fingerprint density at radius 1 is 1.26 bits per heavy atom. The van der Waals surface area contributed by atoms with Gasteiger partial charge in [0.1, 0.15) is 10.7 Å². The lowest BCUT2D eigenvalue weighted by Crippen LogP contribution is -2.25. The summed E-state index contributed by atoms with van der Waals surface area (Å²) >= 11 is 1.11. The summed E-state index contributed by atoms with van der Waals surface area (Å²) in [4.78, 5) is 25.3. The maximum Gasteiger partial charge on any atom is 0.417 e. The van der Waals surface area contributed by atoms with Gasteiger partial charge in [0.25, 0.3) is 0 Å². The number of rotatable bonds is 4. The molecule has 3 rings (SSSR count). The Balaban J connectivity index is 1.94. The van der Waals surface area contributed by atoms with Crippen LogP contribution in [0.25, 0.3) is 11.5 Å². The summed E-state index contributed by atoms with van der Waals surface area (Å²) in [5.41, 5.74) is 0.0820. The van der Waals surface area contributed by atoms with E-state index in [4.69, 9.17) is 0 Å². The van der Waals surface area contributed by atoms with E-state index in [1.54, 1.807) is 24.4 Å². The van der Waals surface area contributed by atoms with Gasteiger partial charge in [0.05, 0.1) is 16.9 Å². The Labute approximate surface area is 156 Å². The Morgan fingerprint density at radius 3 is 2.67 bits per heavy atom. The molecule has 0 aromatic carbocycles. The smallest absolute Gasteiger partial charge is 0.314 e. The lowest BCUT2D eigenvalue weighted by atomic mass is 10.1. The van der Waals surface area contributed by atoms with E-state index >= 15 is 0 Å². The molecule has 0 aliphatic carbocycles. The fourth-order valence-electron chi connectivity index (χ4n) is 2.30. The largest absolute Gasteiger partial charge is 0.417 e. The Kier molecular flexibility index (Phi) is 5.17. The van der Waals surface area contributed by atoms with Gasteiger partial charge in [-0.25, -0.2) is 4.98 Å². The molecule has 1 amide bonds. The first-order valence-electron chi connectivity index (χ1n) is 7.80. The number of hydrogen-bond donors (Lipinski definition) is 0. The van der Waals surface area contributed by atoms with E-state index in [-0.39, 0.29) is 12.1 Å². The number of pyridine rings is 2. The molecular formula is C17H14F3N5OS. The van der Waals surface area contributed by atoms with Crippen LogP contribution in [0, 0.1) is 0 Å². The number of nitrogens with zero attached hydrogens (tertiary/aromatic N) is 5. The molecule has 0 N–H and O–H groups in total. The van der Waals surface area contributed by atoms with Gasteiger partial charge in [-0.15, -0.1) is 0 Å². The molecule has 3 aromatic heterocycles. The zero-order valence-electron chi connectivity index (χ0n) is 14.4. The molecule has 0 spiro atoms. The van der Waals surface area contributed by atoms with Crippen molar-refractivity contribution >= 4 is 23.1 Å². The van der Waals surface area contributed by atoms with E-state index in [9.17, 15) is 18.0 Å². The van der Waals surface area contributed by atoms with Crippen LogP contribution in [0.3, 0.4) is 0 Å². The summed E-state index contributed by atoms with van der Waals surface area (Å²) in [7, 11) is 1.41. The highest BCUT2D eigenvalue weighted by atomic mass is 32.1. The number of carbonyl (C=O) groups excluding carboxylic acids is 1. The summed E-state index contributed by atoms with van der Waals surface area (Å²) in [5.74, 6) is 0.0350. The Hall–Kier alpha value is -2.88. The minimum Gasteiger partial charge on any atom is -0.314 e. The molecule has 0 unspecified atom stereocenters. The molecular weight excluding hydrogens is 379 g/mol. The van der Waals surface area contributed by atoms with Crippen molar-refractivity contribution in [3.63, 3.8) is 0 Å². The lowest BCUT2D eigenvalue weighted by Gasteiger charge is -2.19. The van der Waals surface area contributed by atoms with Crippen LogP contribution in [0.2, 0.25) is 0 Å². The molecule has 27 heavy (non-hydrogen) atoms. The fourth-order valence-corrected chi connectivity index (χ4v) is 2.96. The topological polar surface area (TPSA) is 71.9 Å². The third-order valence-corrected chi connectivity index (χ3v) is 4.50. The van der Waals surface area contributed by atoms with Crippen LogP contribution >= 0.6 is 11.5 Å². The average molecular weight is 393 g/mol. The molecule has 0 atom stereocenters. The zero-order chi connectivity index (χ0) is 19.6. The van der Waals surface area contributed by atoms with Crippen molar-refractivity contribution in [1.82, 2.24) is 19.3 Å². The summed E-state index contributed by atoms with van der Waals surface area (Å²) in [6.07, 6.45) is -2.02. The predicted molar refractivity (Wildman–Crippen MR) is 94.3 cm³/mol. The van der Waals surface area contributed by atoms with E-state index in [0.717, 1.165) is 28.7 Å². The third-order valence-electron chi connectivity index (χ3n) is 3.79. The lowest BCUT2D eigenvalue weighted by molar-refractivity contribution is -0.137. The minimum atomic E-state index is -4.55. The van der Waals surface area contributed by atoms with Gasteiger partial charge in [-0.2, -0.15) is 17.5 Å². The van der Waals surface area contributed by atoms with Crippen LogP contribution < -0.4 is 4.90 Å². The van der Waals surface area contributed by atoms with Crippen molar-refractivity contribution in [3.05, 3.63) is 52.9 Å². The number of carbonyl (C=O) groups is 1. The van der Waals surface area contributed by atoms with Crippen LogP contribution in [0.15, 0.2) is 36.7 Å². The van der Waals surface area contributed by atoms with Crippen molar-refractivity contribution in [3.8, 4) is 11.5 Å². The van der Waals surface area contributed by atoms with Crippen molar-refractivity contribution in [2.75, 3.05) is 11.9 Å². The molecule has 0 bridgehead atoms. The van der Waals surface area contributed by atoms with Gasteiger partial charge in [0.2, 0.25) is 5.91 Å². The van der Waals surface area contributed by atoms with Gasteiger partial charge in [0.15, 0.2) is 5.82 Å².